The fourth-order valence-corrected chi connectivity index (χ4v) is 3.33. The van der Waals surface area contributed by atoms with E-state index in [1.54, 1.807) is 0 Å². The third-order valence-electron chi connectivity index (χ3n) is 4.42. The molecule has 2 rings (SSSR count). The number of nitrogens with one attached hydrogen (secondary N) is 1. The Bertz CT molecular complexity index is 427. The minimum absolute atomic E-state index is 0.457. The average molecular weight is 274 g/mol. The summed E-state index contributed by atoms with van der Waals surface area (Å²) in [5.41, 5.74) is 4.44. The third-order valence-corrected chi connectivity index (χ3v) is 4.42. The largest absolute Gasteiger partial charge is 0.371 e. The van der Waals surface area contributed by atoms with E-state index in [9.17, 15) is 0 Å². The second-order valence-corrected chi connectivity index (χ2v) is 6.26. The number of nitrogens with zero attached hydrogens (tertiary/aromatic N) is 1. The zero-order chi connectivity index (χ0) is 14.5. The van der Waals surface area contributed by atoms with E-state index in [0.29, 0.717) is 6.04 Å². The van der Waals surface area contributed by atoms with Crippen LogP contribution in [-0.4, -0.2) is 19.6 Å². The lowest BCUT2D eigenvalue weighted by atomic mass is 10.0. The molecule has 1 aliphatic heterocycles. The van der Waals surface area contributed by atoms with Gasteiger partial charge in [-0.25, -0.2) is 0 Å². The van der Waals surface area contributed by atoms with Crippen molar-refractivity contribution in [2.75, 3.05) is 24.5 Å². The van der Waals surface area contributed by atoms with E-state index in [1.807, 2.05) is 0 Å². The average Bonchev–Trinajstić information content (AvgIpc) is 2.82. The van der Waals surface area contributed by atoms with Crippen molar-refractivity contribution in [3.63, 3.8) is 0 Å². The molecular weight excluding hydrogens is 244 g/mol. The van der Waals surface area contributed by atoms with Crippen LogP contribution in [0, 0.1) is 5.92 Å². The van der Waals surface area contributed by atoms with Crippen LogP contribution in [-0.2, 0) is 6.42 Å². The van der Waals surface area contributed by atoms with Gasteiger partial charge in [-0.3, -0.25) is 0 Å². The van der Waals surface area contributed by atoms with Crippen molar-refractivity contribution < 1.29 is 0 Å². The van der Waals surface area contributed by atoms with Gasteiger partial charge in [-0.2, -0.15) is 0 Å². The van der Waals surface area contributed by atoms with Gasteiger partial charge in [0.15, 0.2) is 0 Å². The minimum atomic E-state index is 0.457. The molecule has 112 valence electrons. The molecule has 0 bridgehead atoms. The molecule has 20 heavy (non-hydrogen) atoms. The Labute approximate surface area is 124 Å². The summed E-state index contributed by atoms with van der Waals surface area (Å²) in [5, 5.41) is 3.50. The molecular formula is C18H30N2. The summed E-state index contributed by atoms with van der Waals surface area (Å²) < 4.78 is 0. The number of rotatable bonds is 7. The Morgan fingerprint density at radius 3 is 2.75 bits per heavy atom. The van der Waals surface area contributed by atoms with Crippen molar-refractivity contribution in [3.05, 3.63) is 29.3 Å². The zero-order valence-corrected chi connectivity index (χ0v) is 13.6. The number of benzene rings is 1. The topological polar surface area (TPSA) is 15.3 Å². The van der Waals surface area contributed by atoms with E-state index in [1.165, 1.54) is 49.2 Å². The zero-order valence-electron chi connectivity index (χ0n) is 13.6. The van der Waals surface area contributed by atoms with E-state index in [-0.39, 0.29) is 0 Å². The molecule has 2 unspecified atom stereocenters. The summed E-state index contributed by atoms with van der Waals surface area (Å²) in [6.07, 6.45) is 3.84. The number of hydrogen-bond donors (Lipinski definition) is 1. The molecule has 0 fully saturated rings. The molecule has 0 amide bonds. The molecule has 2 nitrogen and oxygen atoms in total. The van der Waals surface area contributed by atoms with Gasteiger partial charge in [0.25, 0.3) is 0 Å². The highest BCUT2D eigenvalue weighted by Crippen LogP contribution is 2.31. The standard InChI is InChI=1S/C18H30N2/c1-5-7-14(3)13-20-11-10-17-12-16(8-9-18(17)20)15(4)19-6-2/h8-9,12,14-15,19H,5-7,10-11,13H2,1-4H3. The number of anilines is 1. The van der Waals surface area contributed by atoms with E-state index < -0.39 is 0 Å². The van der Waals surface area contributed by atoms with Gasteiger partial charge in [-0.1, -0.05) is 39.3 Å². The van der Waals surface area contributed by atoms with Gasteiger partial charge >= 0.3 is 0 Å². The predicted molar refractivity (Wildman–Crippen MR) is 88.5 cm³/mol. The monoisotopic (exact) mass is 274 g/mol. The maximum atomic E-state index is 3.50. The van der Waals surface area contributed by atoms with Crippen molar-refractivity contribution in [1.29, 1.82) is 0 Å². The fraction of sp³-hybridized carbons (Fsp3) is 0.667. The van der Waals surface area contributed by atoms with E-state index in [0.717, 1.165) is 12.5 Å². The van der Waals surface area contributed by atoms with Gasteiger partial charge in [0, 0.05) is 24.8 Å². The lowest BCUT2D eigenvalue weighted by molar-refractivity contribution is 0.517. The third kappa shape index (κ3) is 3.54. The molecule has 0 spiro atoms. The van der Waals surface area contributed by atoms with Gasteiger partial charge in [0.05, 0.1) is 0 Å². The van der Waals surface area contributed by atoms with Gasteiger partial charge < -0.3 is 10.2 Å². The lowest BCUT2D eigenvalue weighted by Gasteiger charge is -2.24. The van der Waals surface area contributed by atoms with Crippen molar-refractivity contribution in [3.8, 4) is 0 Å². The van der Waals surface area contributed by atoms with Crippen LogP contribution in [0.1, 0.15) is 57.7 Å². The van der Waals surface area contributed by atoms with Gasteiger partial charge in [-0.05, 0) is 49.4 Å². The molecule has 1 aromatic rings. The quantitative estimate of drug-likeness (QED) is 0.803. The maximum Gasteiger partial charge on any atom is 0.0399 e. The normalized spacial score (nSPS) is 17.1. The fourth-order valence-electron chi connectivity index (χ4n) is 3.33. The van der Waals surface area contributed by atoms with Crippen LogP contribution in [0.15, 0.2) is 18.2 Å². The Kier molecular flexibility index (Phi) is 5.47. The Morgan fingerprint density at radius 1 is 1.25 bits per heavy atom. The molecule has 0 saturated carbocycles. The molecule has 1 aliphatic rings. The van der Waals surface area contributed by atoms with E-state index in [2.05, 4.69) is 56.1 Å². The molecule has 2 heteroatoms. The van der Waals surface area contributed by atoms with Crippen molar-refractivity contribution in [2.24, 2.45) is 5.92 Å². The van der Waals surface area contributed by atoms with Gasteiger partial charge in [0.2, 0.25) is 0 Å². The van der Waals surface area contributed by atoms with Gasteiger partial charge in [0.1, 0.15) is 0 Å². The first kappa shape index (κ1) is 15.4. The second-order valence-electron chi connectivity index (χ2n) is 6.26. The van der Waals surface area contributed by atoms with Crippen molar-refractivity contribution in [1.82, 2.24) is 5.32 Å². The van der Waals surface area contributed by atoms with Crippen molar-refractivity contribution >= 4 is 5.69 Å². The highest BCUT2D eigenvalue weighted by Gasteiger charge is 2.21. The molecule has 1 heterocycles. The summed E-state index contributed by atoms with van der Waals surface area (Å²) in [4.78, 5) is 2.58. The van der Waals surface area contributed by atoms with Gasteiger partial charge in [-0.15, -0.1) is 0 Å². The summed E-state index contributed by atoms with van der Waals surface area (Å²) in [7, 11) is 0. The SMILES string of the molecule is CCCC(C)CN1CCc2cc(C(C)NCC)ccc21. The second kappa shape index (κ2) is 7.12. The molecule has 0 aromatic heterocycles. The highest BCUT2D eigenvalue weighted by atomic mass is 15.1. The first-order valence-corrected chi connectivity index (χ1v) is 8.26. The molecule has 1 aromatic carbocycles. The lowest BCUT2D eigenvalue weighted by Crippen LogP contribution is -2.26. The Balaban J connectivity index is 2.06. The number of fused-ring (bicyclic) bond motifs is 1. The molecule has 2 atom stereocenters. The summed E-state index contributed by atoms with van der Waals surface area (Å²) in [6, 6.07) is 7.50. The van der Waals surface area contributed by atoms with E-state index >= 15 is 0 Å². The Morgan fingerprint density at radius 2 is 2.05 bits per heavy atom. The molecule has 0 aliphatic carbocycles. The van der Waals surface area contributed by atoms with Crippen LogP contribution in [0.25, 0.3) is 0 Å². The first-order chi connectivity index (χ1) is 9.65. The first-order valence-electron chi connectivity index (χ1n) is 8.26. The van der Waals surface area contributed by atoms with Crippen LogP contribution in [0.2, 0.25) is 0 Å². The molecule has 1 N–H and O–H groups in total. The smallest absolute Gasteiger partial charge is 0.0399 e. The summed E-state index contributed by atoms with van der Waals surface area (Å²) in [5.74, 6) is 0.798. The highest BCUT2D eigenvalue weighted by molar-refractivity contribution is 5.59. The van der Waals surface area contributed by atoms with Crippen LogP contribution in [0.5, 0.6) is 0 Å². The summed E-state index contributed by atoms with van der Waals surface area (Å²) >= 11 is 0. The van der Waals surface area contributed by atoms with Crippen LogP contribution in [0.4, 0.5) is 5.69 Å². The molecule has 0 saturated heterocycles. The minimum Gasteiger partial charge on any atom is -0.371 e. The predicted octanol–water partition coefficient (Wildman–Crippen LogP) is 4.16. The van der Waals surface area contributed by atoms with Crippen LogP contribution >= 0.6 is 0 Å². The van der Waals surface area contributed by atoms with E-state index in [4.69, 9.17) is 0 Å². The number of hydrogen-bond acceptors (Lipinski definition) is 2. The van der Waals surface area contributed by atoms with Crippen molar-refractivity contribution in [2.45, 2.75) is 53.0 Å². The molecule has 0 radical (unpaired) electrons. The maximum absolute atomic E-state index is 3.50. The Hall–Kier alpha value is -1.02. The van der Waals surface area contributed by atoms with Crippen LogP contribution < -0.4 is 10.2 Å². The summed E-state index contributed by atoms with van der Waals surface area (Å²) in [6.45, 7) is 12.5. The van der Waals surface area contributed by atoms with Crippen LogP contribution in [0.3, 0.4) is 0 Å².